The van der Waals surface area contributed by atoms with Crippen molar-refractivity contribution < 1.29 is 13.5 Å². The SMILES string of the molecule is CS(=O)(=O)C1CCCC1(O)Cc1ccc(Cl)cc1. The van der Waals surface area contributed by atoms with E-state index in [2.05, 4.69) is 0 Å². The molecular weight excluding hydrogens is 272 g/mol. The predicted octanol–water partition coefficient (Wildman–Crippen LogP) is 2.21. The van der Waals surface area contributed by atoms with Gasteiger partial charge in [0.25, 0.3) is 0 Å². The fourth-order valence-electron chi connectivity index (χ4n) is 2.79. The molecule has 18 heavy (non-hydrogen) atoms. The summed E-state index contributed by atoms with van der Waals surface area (Å²) in [5, 5.41) is 10.6. The van der Waals surface area contributed by atoms with Crippen molar-refractivity contribution in [3.63, 3.8) is 0 Å². The Balaban J connectivity index is 2.23. The normalized spacial score (nSPS) is 28.5. The van der Waals surface area contributed by atoms with Crippen LogP contribution in [0.1, 0.15) is 24.8 Å². The molecule has 2 rings (SSSR count). The Labute approximate surface area is 113 Å². The fourth-order valence-corrected chi connectivity index (χ4v) is 4.51. The third-order valence-corrected chi connectivity index (χ3v) is 5.58. The Morgan fingerprint density at radius 1 is 1.39 bits per heavy atom. The molecule has 0 amide bonds. The number of rotatable bonds is 3. The van der Waals surface area contributed by atoms with E-state index in [1.54, 1.807) is 12.1 Å². The van der Waals surface area contributed by atoms with E-state index in [1.807, 2.05) is 12.1 Å². The number of benzene rings is 1. The lowest BCUT2D eigenvalue weighted by Gasteiger charge is -2.29. The van der Waals surface area contributed by atoms with Crippen LogP contribution in [0.3, 0.4) is 0 Å². The van der Waals surface area contributed by atoms with Gasteiger partial charge in [-0.3, -0.25) is 0 Å². The van der Waals surface area contributed by atoms with E-state index in [4.69, 9.17) is 11.6 Å². The maximum absolute atomic E-state index is 11.7. The van der Waals surface area contributed by atoms with Crippen molar-refractivity contribution in [1.82, 2.24) is 0 Å². The number of halogens is 1. The van der Waals surface area contributed by atoms with Crippen molar-refractivity contribution >= 4 is 21.4 Å². The Bertz CT molecular complexity index is 524. The quantitative estimate of drug-likeness (QED) is 0.928. The van der Waals surface area contributed by atoms with Gasteiger partial charge in [-0.15, -0.1) is 0 Å². The number of sulfone groups is 1. The lowest BCUT2D eigenvalue weighted by molar-refractivity contribution is 0.0513. The van der Waals surface area contributed by atoms with Gasteiger partial charge >= 0.3 is 0 Å². The molecule has 1 N–H and O–H groups in total. The Morgan fingerprint density at radius 2 is 2.00 bits per heavy atom. The van der Waals surface area contributed by atoms with Gasteiger partial charge in [-0.2, -0.15) is 0 Å². The molecule has 1 aliphatic carbocycles. The third-order valence-electron chi connectivity index (χ3n) is 3.62. The summed E-state index contributed by atoms with van der Waals surface area (Å²) >= 11 is 5.81. The van der Waals surface area contributed by atoms with Crippen LogP contribution in [0.2, 0.25) is 5.02 Å². The molecule has 0 saturated heterocycles. The highest BCUT2D eigenvalue weighted by Crippen LogP contribution is 2.37. The first-order chi connectivity index (χ1) is 8.31. The van der Waals surface area contributed by atoms with Crippen LogP contribution in [-0.2, 0) is 16.3 Å². The van der Waals surface area contributed by atoms with E-state index < -0.39 is 20.7 Å². The molecule has 1 aromatic rings. The van der Waals surface area contributed by atoms with Crippen molar-refractivity contribution in [1.29, 1.82) is 0 Å². The Morgan fingerprint density at radius 3 is 2.56 bits per heavy atom. The summed E-state index contributed by atoms with van der Waals surface area (Å²) in [6.45, 7) is 0. The molecule has 0 heterocycles. The van der Waals surface area contributed by atoms with Crippen LogP contribution in [0.5, 0.6) is 0 Å². The van der Waals surface area contributed by atoms with Crippen molar-refractivity contribution in [2.75, 3.05) is 6.26 Å². The average molecular weight is 289 g/mol. The first-order valence-corrected chi connectivity index (χ1v) is 8.30. The van der Waals surface area contributed by atoms with Gasteiger partial charge in [-0.25, -0.2) is 8.42 Å². The van der Waals surface area contributed by atoms with E-state index in [9.17, 15) is 13.5 Å². The summed E-state index contributed by atoms with van der Waals surface area (Å²) in [7, 11) is -3.21. The second kappa shape index (κ2) is 4.83. The molecule has 0 radical (unpaired) electrons. The van der Waals surface area contributed by atoms with Crippen molar-refractivity contribution in [3.05, 3.63) is 34.9 Å². The third kappa shape index (κ3) is 2.87. The molecule has 0 spiro atoms. The van der Waals surface area contributed by atoms with Gasteiger partial charge in [0.15, 0.2) is 9.84 Å². The van der Waals surface area contributed by atoms with Crippen LogP contribution in [0.4, 0.5) is 0 Å². The molecule has 2 unspecified atom stereocenters. The van der Waals surface area contributed by atoms with Crippen LogP contribution in [0.15, 0.2) is 24.3 Å². The summed E-state index contributed by atoms with van der Waals surface area (Å²) in [6.07, 6.45) is 3.40. The van der Waals surface area contributed by atoms with Gasteiger partial charge in [-0.1, -0.05) is 23.7 Å². The molecular formula is C13H17ClO3S. The minimum absolute atomic E-state index is 0.363. The van der Waals surface area contributed by atoms with E-state index in [1.165, 1.54) is 6.26 Å². The molecule has 5 heteroatoms. The van der Waals surface area contributed by atoms with Crippen LogP contribution in [0, 0.1) is 0 Å². The maximum Gasteiger partial charge on any atom is 0.153 e. The van der Waals surface area contributed by atoms with Crippen molar-refractivity contribution in [2.45, 2.75) is 36.5 Å². The van der Waals surface area contributed by atoms with Crippen molar-refractivity contribution in [2.24, 2.45) is 0 Å². The summed E-state index contributed by atoms with van der Waals surface area (Å²) in [5.74, 6) is 0. The van der Waals surface area contributed by atoms with E-state index in [0.717, 1.165) is 12.0 Å². The summed E-state index contributed by atoms with van der Waals surface area (Å²) in [4.78, 5) is 0. The van der Waals surface area contributed by atoms with Crippen LogP contribution >= 0.6 is 11.6 Å². The van der Waals surface area contributed by atoms with Gasteiger partial charge in [0, 0.05) is 17.7 Å². The molecule has 1 aliphatic rings. The van der Waals surface area contributed by atoms with Gasteiger partial charge in [0.2, 0.25) is 0 Å². The molecule has 1 fully saturated rings. The Kier molecular flexibility index (Phi) is 3.72. The lowest BCUT2D eigenvalue weighted by Crippen LogP contribution is -2.44. The molecule has 3 nitrogen and oxygen atoms in total. The maximum atomic E-state index is 11.7. The van der Waals surface area contributed by atoms with E-state index in [-0.39, 0.29) is 0 Å². The summed E-state index contributed by atoms with van der Waals surface area (Å²) in [6, 6.07) is 7.17. The predicted molar refractivity (Wildman–Crippen MR) is 72.6 cm³/mol. The number of aliphatic hydroxyl groups is 1. The highest BCUT2D eigenvalue weighted by Gasteiger charge is 2.46. The highest BCUT2D eigenvalue weighted by atomic mass is 35.5. The summed E-state index contributed by atoms with van der Waals surface area (Å²) < 4.78 is 23.4. The minimum Gasteiger partial charge on any atom is -0.388 e. The van der Waals surface area contributed by atoms with E-state index >= 15 is 0 Å². The van der Waals surface area contributed by atoms with Gasteiger partial charge < -0.3 is 5.11 Å². The van der Waals surface area contributed by atoms with Crippen LogP contribution in [0.25, 0.3) is 0 Å². The molecule has 0 aliphatic heterocycles. The fraction of sp³-hybridized carbons (Fsp3) is 0.538. The van der Waals surface area contributed by atoms with Crippen molar-refractivity contribution in [3.8, 4) is 0 Å². The van der Waals surface area contributed by atoms with Crippen LogP contribution in [-0.4, -0.2) is 30.6 Å². The second-order valence-electron chi connectivity index (χ2n) is 5.12. The lowest BCUT2D eigenvalue weighted by atomic mass is 9.93. The first-order valence-electron chi connectivity index (χ1n) is 5.97. The molecule has 2 atom stereocenters. The van der Waals surface area contributed by atoms with E-state index in [0.29, 0.717) is 24.3 Å². The average Bonchev–Trinajstić information content (AvgIpc) is 2.63. The molecule has 1 aromatic carbocycles. The van der Waals surface area contributed by atoms with Gasteiger partial charge in [0.05, 0.1) is 10.9 Å². The summed E-state index contributed by atoms with van der Waals surface area (Å²) in [5.41, 5.74) is -0.223. The molecule has 1 saturated carbocycles. The number of hydrogen-bond acceptors (Lipinski definition) is 3. The van der Waals surface area contributed by atoms with Gasteiger partial charge in [-0.05, 0) is 37.0 Å². The van der Waals surface area contributed by atoms with Gasteiger partial charge in [0.1, 0.15) is 0 Å². The molecule has 0 aromatic heterocycles. The minimum atomic E-state index is -3.21. The largest absolute Gasteiger partial charge is 0.388 e. The zero-order valence-electron chi connectivity index (χ0n) is 10.3. The number of hydrogen-bond donors (Lipinski definition) is 1. The first kappa shape index (κ1) is 13.8. The highest BCUT2D eigenvalue weighted by molar-refractivity contribution is 7.91. The zero-order chi connectivity index (χ0) is 13.4. The second-order valence-corrected chi connectivity index (χ2v) is 7.78. The topological polar surface area (TPSA) is 54.4 Å². The molecule has 100 valence electrons. The smallest absolute Gasteiger partial charge is 0.153 e. The van der Waals surface area contributed by atoms with Crippen LogP contribution < -0.4 is 0 Å². The standard InChI is InChI=1S/C13H17ClO3S/c1-18(16,17)12-3-2-8-13(12,15)9-10-4-6-11(14)7-5-10/h4-7,12,15H,2-3,8-9H2,1H3. The Hall–Kier alpha value is -0.580. The zero-order valence-corrected chi connectivity index (χ0v) is 11.8. The molecule has 0 bridgehead atoms. The monoisotopic (exact) mass is 288 g/mol.